The number of hydrogen-bond acceptors (Lipinski definition) is 5. The number of benzene rings is 1. The van der Waals surface area contributed by atoms with Crippen molar-refractivity contribution in [3.8, 4) is 5.75 Å². The fraction of sp³-hybridized carbons (Fsp3) is 0.316. The van der Waals surface area contributed by atoms with Gasteiger partial charge in [-0.25, -0.2) is 9.48 Å². The third-order valence-corrected chi connectivity index (χ3v) is 4.94. The number of ether oxygens (including phenoxy) is 1. The molecular weight excluding hydrogens is 362 g/mol. The summed E-state index contributed by atoms with van der Waals surface area (Å²) in [7, 11) is 1.62. The third kappa shape index (κ3) is 3.38. The maximum absolute atomic E-state index is 12.5. The number of amides is 1. The zero-order valence-corrected chi connectivity index (χ0v) is 15.4. The lowest BCUT2D eigenvalue weighted by Crippen LogP contribution is -2.30. The minimum Gasteiger partial charge on any atom is -0.497 e. The molecule has 3 N–H and O–H groups in total. The molecule has 0 aliphatic carbocycles. The summed E-state index contributed by atoms with van der Waals surface area (Å²) in [5.74, 6) is 1.25. The van der Waals surface area contributed by atoms with Gasteiger partial charge < -0.3 is 25.0 Å². The van der Waals surface area contributed by atoms with E-state index in [1.165, 1.54) is 11.0 Å². The molecule has 3 aromatic rings. The van der Waals surface area contributed by atoms with Crippen molar-refractivity contribution >= 4 is 22.9 Å². The van der Waals surface area contributed by atoms with Crippen molar-refractivity contribution < 1.29 is 14.6 Å². The van der Waals surface area contributed by atoms with E-state index in [0.717, 1.165) is 11.3 Å². The second-order valence-electron chi connectivity index (χ2n) is 6.78. The van der Waals surface area contributed by atoms with E-state index >= 15 is 0 Å². The van der Waals surface area contributed by atoms with Crippen LogP contribution in [0.25, 0.3) is 11.0 Å². The van der Waals surface area contributed by atoms with Gasteiger partial charge in [-0.2, -0.15) is 5.10 Å². The molecule has 1 aliphatic rings. The Morgan fingerprint density at radius 1 is 1.36 bits per heavy atom. The minimum atomic E-state index is -0.933. The molecule has 1 amide bonds. The van der Waals surface area contributed by atoms with Crippen LogP contribution in [0.5, 0.6) is 5.75 Å². The lowest BCUT2D eigenvalue weighted by Gasteiger charge is -2.13. The summed E-state index contributed by atoms with van der Waals surface area (Å²) in [6.07, 6.45) is 1.34. The molecule has 0 radical (unpaired) electrons. The number of aromatic nitrogens is 3. The minimum absolute atomic E-state index is 0.0803. The third-order valence-electron chi connectivity index (χ3n) is 4.94. The van der Waals surface area contributed by atoms with E-state index in [4.69, 9.17) is 9.84 Å². The standard InChI is InChI=1S/C19H21N5O4/c1-28-14-4-2-12(3-5-14)10-24-18-16(15(25)6-8-20-18)17(22-24)21-13-7-9-23(11-13)19(26)27/h2-6,8,13H,7,9-11H2,1H3,(H,20,25)(H,21,22)(H,26,27)/t13-/m0/s1. The number of hydrogen-bond donors (Lipinski definition) is 3. The summed E-state index contributed by atoms with van der Waals surface area (Å²) in [6, 6.07) is 9.03. The van der Waals surface area contributed by atoms with Crippen LogP contribution in [0.3, 0.4) is 0 Å². The van der Waals surface area contributed by atoms with E-state index in [9.17, 15) is 9.59 Å². The van der Waals surface area contributed by atoms with E-state index in [1.807, 2.05) is 24.3 Å². The number of pyridine rings is 1. The van der Waals surface area contributed by atoms with Gasteiger partial charge in [0.05, 0.1) is 13.7 Å². The van der Waals surface area contributed by atoms with E-state index in [1.54, 1.807) is 18.0 Å². The number of nitrogens with zero attached hydrogens (tertiary/aromatic N) is 3. The van der Waals surface area contributed by atoms with Gasteiger partial charge in [-0.1, -0.05) is 12.1 Å². The zero-order chi connectivity index (χ0) is 19.7. The van der Waals surface area contributed by atoms with Crippen molar-refractivity contribution in [2.75, 3.05) is 25.5 Å². The highest BCUT2D eigenvalue weighted by Gasteiger charge is 2.27. The van der Waals surface area contributed by atoms with Crippen LogP contribution in [0.2, 0.25) is 0 Å². The number of fused-ring (bicyclic) bond motifs is 1. The molecule has 2 aromatic heterocycles. The topological polar surface area (TPSA) is 112 Å². The Balaban J connectivity index is 1.64. The molecule has 9 heteroatoms. The maximum atomic E-state index is 12.5. The summed E-state index contributed by atoms with van der Waals surface area (Å²) >= 11 is 0. The van der Waals surface area contributed by atoms with Gasteiger partial charge in [0, 0.05) is 31.4 Å². The molecule has 28 heavy (non-hydrogen) atoms. The van der Waals surface area contributed by atoms with Gasteiger partial charge in [0.1, 0.15) is 16.8 Å². The monoisotopic (exact) mass is 383 g/mol. The lowest BCUT2D eigenvalue weighted by atomic mass is 10.2. The molecule has 1 aromatic carbocycles. The Hall–Kier alpha value is -3.49. The molecule has 1 atom stereocenters. The van der Waals surface area contributed by atoms with Crippen LogP contribution in [0, 0.1) is 0 Å². The van der Waals surface area contributed by atoms with Gasteiger partial charge in [0.25, 0.3) is 0 Å². The molecule has 1 aliphatic heterocycles. The summed E-state index contributed by atoms with van der Waals surface area (Å²) < 4.78 is 6.92. The van der Waals surface area contributed by atoms with Crippen LogP contribution in [0.15, 0.2) is 41.3 Å². The normalized spacial score (nSPS) is 16.5. The zero-order valence-electron chi connectivity index (χ0n) is 15.4. The number of carboxylic acid groups (broad SMARTS) is 1. The Labute approximate surface area is 160 Å². The van der Waals surface area contributed by atoms with Crippen LogP contribution in [0.1, 0.15) is 12.0 Å². The van der Waals surface area contributed by atoms with Gasteiger partial charge in [0.2, 0.25) is 0 Å². The average Bonchev–Trinajstić information content (AvgIpc) is 3.29. The molecule has 0 bridgehead atoms. The Morgan fingerprint density at radius 3 is 2.82 bits per heavy atom. The highest BCUT2D eigenvalue weighted by atomic mass is 16.5. The van der Waals surface area contributed by atoms with E-state index in [0.29, 0.717) is 42.9 Å². The fourth-order valence-corrected chi connectivity index (χ4v) is 3.49. The summed E-state index contributed by atoms with van der Waals surface area (Å²) in [6.45, 7) is 1.31. The van der Waals surface area contributed by atoms with E-state index in [-0.39, 0.29) is 11.5 Å². The van der Waals surface area contributed by atoms with Gasteiger partial charge in [-0.3, -0.25) is 4.79 Å². The van der Waals surface area contributed by atoms with Crippen LogP contribution >= 0.6 is 0 Å². The second kappa shape index (κ2) is 7.26. The van der Waals surface area contributed by atoms with E-state index < -0.39 is 6.09 Å². The predicted molar refractivity (Wildman–Crippen MR) is 104 cm³/mol. The molecule has 0 spiro atoms. The highest BCUT2D eigenvalue weighted by molar-refractivity contribution is 5.87. The Kier molecular flexibility index (Phi) is 4.64. The molecule has 4 rings (SSSR count). The molecular formula is C19H21N5O4. The fourth-order valence-electron chi connectivity index (χ4n) is 3.49. The lowest BCUT2D eigenvalue weighted by molar-refractivity contribution is 0.155. The number of carbonyl (C=O) groups is 1. The highest BCUT2D eigenvalue weighted by Crippen LogP contribution is 2.22. The number of likely N-dealkylation sites (tertiary alicyclic amines) is 1. The van der Waals surface area contributed by atoms with Gasteiger partial charge in [-0.15, -0.1) is 0 Å². The van der Waals surface area contributed by atoms with E-state index in [2.05, 4.69) is 15.4 Å². The Morgan fingerprint density at radius 2 is 2.14 bits per heavy atom. The molecule has 146 valence electrons. The first-order valence-electron chi connectivity index (χ1n) is 9.00. The first-order valence-corrected chi connectivity index (χ1v) is 9.00. The molecule has 1 saturated heterocycles. The largest absolute Gasteiger partial charge is 0.497 e. The van der Waals surface area contributed by atoms with Gasteiger partial charge >= 0.3 is 6.09 Å². The van der Waals surface area contributed by atoms with Crippen LogP contribution < -0.4 is 15.5 Å². The van der Waals surface area contributed by atoms with Crippen LogP contribution in [-0.4, -0.2) is 57.1 Å². The summed E-state index contributed by atoms with van der Waals surface area (Å²) in [5.41, 5.74) is 1.50. The maximum Gasteiger partial charge on any atom is 0.407 e. The smallest absolute Gasteiger partial charge is 0.407 e. The predicted octanol–water partition coefficient (Wildman–Crippen LogP) is 1.95. The molecule has 3 heterocycles. The number of anilines is 1. The average molecular weight is 383 g/mol. The number of methoxy groups -OCH3 is 1. The van der Waals surface area contributed by atoms with Crippen molar-refractivity contribution in [2.24, 2.45) is 0 Å². The number of nitrogens with one attached hydrogen (secondary N) is 2. The summed E-state index contributed by atoms with van der Waals surface area (Å²) in [5, 5.41) is 17.5. The van der Waals surface area contributed by atoms with Crippen LogP contribution in [-0.2, 0) is 6.54 Å². The van der Waals surface area contributed by atoms with Crippen molar-refractivity contribution in [1.29, 1.82) is 0 Å². The van der Waals surface area contributed by atoms with Crippen LogP contribution in [0.4, 0.5) is 10.6 Å². The van der Waals surface area contributed by atoms with Gasteiger partial charge in [-0.05, 0) is 24.1 Å². The second-order valence-corrected chi connectivity index (χ2v) is 6.78. The Bertz CT molecular complexity index is 1060. The van der Waals surface area contributed by atoms with Gasteiger partial charge in [0.15, 0.2) is 11.2 Å². The van der Waals surface area contributed by atoms with Crippen molar-refractivity contribution in [1.82, 2.24) is 19.7 Å². The first-order chi connectivity index (χ1) is 13.5. The molecule has 0 saturated carbocycles. The SMILES string of the molecule is COc1ccc(Cn2nc(N[C@H]3CCN(C(=O)O)C3)c3c(=O)cc[nH]c32)cc1. The molecule has 1 fully saturated rings. The summed E-state index contributed by atoms with van der Waals surface area (Å²) in [4.78, 5) is 28.1. The first kappa shape index (κ1) is 17.9. The number of rotatable bonds is 5. The van der Waals surface area contributed by atoms with Crippen molar-refractivity contribution in [3.63, 3.8) is 0 Å². The van der Waals surface area contributed by atoms with Crippen molar-refractivity contribution in [3.05, 3.63) is 52.3 Å². The van der Waals surface area contributed by atoms with Crippen molar-refractivity contribution in [2.45, 2.75) is 19.0 Å². The number of H-pyrrole nitrogens is 1. The molecule has 0 unspecified atom stereocenters. The number of aromatic amines is 1. The molecule has 9 nitrogen and oxygen atoms in total. The quantitative estimate of drug-likeness (QED) is 0.621.